The lowest BCUT2D eigenvalue weighted by atomic mass is 9.46. The molecule has 32 heavy (non-hydrogen) atoms. The summed E-state index contributed by atoms with van der Waals surface area (Å²) in [5.41, 5.74) is 1.70. The largest absolute Gasteiger partial charge is 0.462 e. The normalized spacial score (nSPS) is 42.0. The van der Waals surface area contributed by atoms with E-state index in [4.69, 9.17) is 4.74 Å². The van der Waals surface area contributed by atoms with Crippen molar-refractivity contribution in [2.75, 3.05) is 0 Å². The molecule has 0 heterocycles. The maximum atomic E-state index is 13.6. The Kier molecular flexibility index (Phi) is 6.69. The highest BCUT2D eigenvalue weighted by atomic mass is 16.5. The molecule has 3 saturated carbocycles. The monoisotopic (exact) mass is 442 g/mol. The molecule has 0 aromatic carbocycles. The van der Waals surface area contributed by atoms with Gasteiger partial charge in [-0.25, -0.2) is 0 Å². The first-order chi connectivity index (χ1) is 15.1. The van der Waals surface area contributed by atoms with E-state index in [2.05, 4.69) is 34.6 Å². The zero-order valence-electron chi connectivity index (χ0n) is 21.4. The molecule has 4 aliphatic carbocycles. The Balaban J connectivity index is 1.52. The van der Waals surface area contributed by atoms with E-state index in [1.54, 1.807) is 0 Å². The molecular formula is C29H46O3. The van der Waals surface area contributed by atoms with Crippen LogP contribution < -0.4 is 0 Å². The van der Waals surface area contributed by atoms with Gasteiger partial charge in [0, 0.05) is 19.3 Å². The van der Waals surface area contributed by atoms with Crippen LogP contribution in [0, 0.1) is 46.3 Å². The number of rotatable bonds is 6. The second kappa shape index (κ2) is 8.91. The number of ketones is 1. The fourth-order valence-electron chi connectivity index (χ4n) is 8.73. The van der Waals surface area contributed by atoms with E-state index in [1.807, 2.05) is 6.08 Å². The van der Waals surface area contributed by atoms with Crippen molar-refractivity contribution < 1.29 is 14.3 Å². The Morgan fingerprint density at radius 1 is 1.06 bits per heavy atom. The van der Waals surface area contributed by atoms with E-state index < -0.39 is 0 Å². The molecule has 0 aliphatic heterocycles. The Labute approximate surface area is 196 Å². The molecule has 0 unspecified atom stereocenters. The third-order valence-electron chi connectivity index (χ3n) is 10.4. The van der Waals surface area contributed by atoms with Gasteiger partial charge in [0.2, 0.25) is 0 Å². The molecule has 180 valence electrons. The SMILES string of the molecule is CC(=O)O[C@H]1CC[C@@]2(C)C(=CC(=O)[C@H]3[C@H]2CC[C@]2(C)[C@@H]([C@@H](C)CCCC(C)C)CC[C@@H]32)C1. The van der Waals surface area contributed by atoms with Gasteiger partial charge in [0.15, 0.2) is 5.78 Å². The number of ether oxygens (including phenoxy) is 1. The Morgan fingerprint density at radius 2 is 1.81 bits per heavy atom. The molecule has 0 N–H and O–H groups in total. The van der Waals surface area contributed by atoms with E-state index in [0.717, 1.165) is 37.0 Å². The van der Waals surface area contributed by atoms with Crippen molar-refractivity contribution in [2.45, 2.75) is 112 Å². The molecule has 0 bridgehead atoms. The molecule has 0 saturated heterocycles. The summed E-state index contributed by atoms with van der Waals surface area (Å²) in [6, 6.07) is 0. The lowest BCUT2D eigenvalue weighted by Gasteiger charge is -2.57. The maximum Gasteiger partial charge on any atom is 0.302 e. The van der Waals surface area contributed by atoms with Crippen molar-refractivity contribution in [3.8, 4) is 0 Å². The Bertz CT molecular complexity index is 766. The minimum atomic E-state index is -0.202. The van der Waals surface area contributed by atoms with Crippen LogP contribution in [0.3, 0.4) is 0 Å². The highest BCUT2D eigenvalue weighted by molar-refractivity contribution is 5.94. The first kappa shape index (κ1) is 24.0. The molecule has 4 aliphatic rings. The molecule has 8 atom stereocenters. The molecule has 0 aromatic rings. The fourth-order valence-corrected chi connectivity index (χ4v) is 8.73. The van der Waals surface area contributed by atoms with Crippen molar-refractivity contribution in [1.29, 1.82) is 0 Å². The Morgan fingerprint density at radius 3 is 2.50 bits per heavy atom. The average Bonchev–Trinajstić information content (AvgIpc) is 3.05. The number of carbonyl (C=O) groups excluding carboxylic acids is 2. The molecule has 3 fully saturated rings. The van der Waals surface area contributed by atoms with Crippen molar-refractivity contribution in [2.24, 2.45) is 46.3 Å². The Hall–Kier alpha value is -1.12. The van der Waals surface area contributed by atoms with Gasteiger partial charge in [-0.2, -0.15) is 0 Å². The van der Waals surface area contributed by atoms with Gasteiger partial charge in [-0.05, 0) is 85.0 Å². The number of fused-ring (bicyclic) bond motifs is 5. The number of carbonyl (C=O) groups is 2. The summed E-state index contributed by atoms with van der Waals surface area (Å²) in [6.07, 6.45) is 13.7. The molecule has 0 aromatic heterocycles. The molecule has 3 heteroatoms. The zero-order valence-corrected chi connectivity index (χ0v) is 21.4. The second-order valence-corrected chi connectivity index (χ2v) is 12.7. The van der Waals surface area contributed by atoms with Gasteiger partial charge in [-0.15, -0.1) is 0 Å². The van der Waals surface area contributed by atoms with Gasteiger partial charge < -0.3 is 4.74 Å². The van der Waals surface area contributed by atoms with Crippen LogP contribution in [-0.2, 0) is 14.3 Å². The van der Waals surface area contributed by atoms with Crippen LogP contribution in [0.25, 0.3) is 0 Å². The molecule has 0 amide bonds. The van der Waals surface area contributed by atoms with Gasteiger partial charge in [0.05, 0.1) is 0 Å². The van der Waals surface area contributed by atoms with Crippen LogP contribution in [0.2, 0.25) is 0 Å². The van der Waals surface area contributed by atoms with Gasteiger partial charge in [-0.3, -0.25) is 9.59 Å². The summed E-state index contributed by atoms with van der Waals surface area (Å²) in [4.78, 5) is 25.1. The maximum absolute atomic E-state index is 13.6. The quantitative estimate of drug-likeness (QED) is 0.411. The van der Waals surface area contributed by atoms with Crippen molar-refractivity contribution in [3.63, 3.8) is 0 Å². The molecule has 0 spiro atoms. The van der Waals surface area contributed by atoms with Gasteiger partial charge in [0.1, 0.15) is 6.10 Å². The predicted molar refractivity (Wildman–Crippen MR) is 129 cm³/mol. The smallest absolute Gasteiger partial charge is 0.302 e. The number of esters is 1. The second-order valence-electron chi connectivity index (χ2n) is 12.7. The van der Waals surface area contributed by atoms with E-state index in [9.17, 15) is 9.59 Å². The number of hydrogen-bond donors (Lipinski definition) is 0. The van der Waals surface area contributed by atoms with Gasteiger partial charge in [-0.1, -0.05) is 59.5 Å². The minimum Gasteiger partial charge on any atom is -0.462 e. The van der Waals surface area contributed by atoms with E-state index in [1.165, 1.54) is 57.4 Å². The summed E-state index contributed by atoms with van der Waals surface area (Å²) in [7, 11) is 0. The minimum absolute atomic E-state index is 0.0485. The summed E-state index contributed by atoms with van der Waals surface area (Å²) < 4.78 is 5.54. The first-order valence-electron chi connectivity index (χ1n) is 13.5. The average molecular weight is 443 g/mol. The predicted octanol–water partition coefficient (Wildman–Crippen LogP) is 7.14. The van der Waals surface area contributed by atoms with Gasteiger partial charge in [0.25, 0.3) is 0 Å². The number of allylic oxidation sites excluding steroid dienone is 1. The molecule has 3 nitrogen and oxygen atoms in total. The summed E-state index contributed by atoms with van der Waals surface area (Å²) in [5.74, 6) is 3.74. The van der Waals surface area contributed by atoms with E-state index >= 15 is 0 Å². The van der Waals surface area contributed by atoms with Crippen LogP contribution in [-0.4, -0.2) is 17.9 Å². The van der Waals surface area contributed by atoms with Crippen LogP contribution >= 0.6 is 0 Å². The van der Waals surface area contributed by atoms with Crippen LogP contribution in [0.5, 0.6) is 0 Å². The number of hydrogen-bond acceptors (Lipinski definition) is 3. The summed E-state index contributed by atoms with van der Waals surface area (Å²) >= 11 is 0. The van der Waals surface area contributed by atoms with Crippen molar-refractivity contribution in [1.82, 2.24) is 0 Å². The summed E-state index contributed by atoms with van der Waals surface area (Å²) in [6.45, 7) is 13.6. The van der Waals surface area contributed by atoms with Crippen molar-refractivity contribution >= 4 is 11.8 Å². The molecular weight excluding hydrogens is 396 g/mol. The standard InChI is InChI=1S/C29H46O3/c1-18(2)8-7-9-19(3)23-10-11-24-27-25(13-15-29(23,24)6)28(5)14-12-22(32-20(4)30)16-21(28)17-26(27)31/h17-19,22-25,27H,7-16H2,1-6H3/t19-,22-,23+,24-,25+,27+,28-,29+/m0/s1. The van der Waals surface area contributed by atoms with Crippen LogP contribution in [0.15, 0.2) is 11.6 Å². The fraction of sp³-hybridized carbons (Fsp3) is 0.862. The van der Waals surface area contributed by atoms with Crippen molar-refractivity contribution in [3.05, 3.63) is 11.6 Å². The summed E-state index contributed by atoms with van der Waals surface area (Å²) in [5, 5.41) is 0. The molecule has 0 radical (unpaired) electrons. The van der Waals surface area contributed by atoms with Gasteiger partial charge >= 0.3 is 5.97 Å². The highest BCUT2D eigenvalue weighted by Crippen LogP contribution is 2.66. The first-order valence-corrected chi connectivity index (χ1v) is 13.5. The molecule has 4 rings (SSSR count). The van der Waals surface area contributed by atoms with Crippen LogP contribution in [0.1, 0.15) is 106 Å². The third kappa shape index (κ3) is 4.11. The lowest BCUT2D eigenvalue weighted by molar-refractivity contribution is -0.149. The topological polar surface area (TPSA) is 43.4 Å². The zero-order chi connectivity index (χ0) is 23.3. The lowest BCUT2D eigenvalue weighted by Crippen LogP contribution is -2.53. The van der Waals surface area contributed by atoms with E-state index in [0.29, 0.717) is 23.0 Å². The third-order valence-corrected chi connectivity index (χ3v) is 10.4. The van der Waals surface area contributed by atoms with Crippen LogP contribution in [0.4, 0.5) is 0 Å². The van der Waals surface area contributed by atoms with E-state index in [-0.39, 0.29) is 23.4 Å². The highest BCUT2D eigenvalue weighted by Gasteiger charge is 2.61.